The minimum absolute atomic E-state index is 0.183. The molecule has 0 bridgehead atoms. The van der Waals surface area contributed by atoms with Crippen LogP contribution in [0.4, 0.5) is 5.82 Å². The van der Waals surface area contributed by atoms with Crippen LogP contribution in [0.2, 0.25) is 0 Å². The van der Waals surface area contributed by atoms with E-state index in [4.69, 9.17) is 9.47 Å². The fourth-order valence-electron chi connectivity index (χ4n) is 3.71. The van der Waals surface area contributed by atoms with Crippen LogP contribution in [0, 0.1) is 0 Å². The van der Waals surface area contributed by atoms with Crippen LogP contribution >= 0.6 is 0 Å². The molecule has 2 saturated heterocycles. The lowest BCUT2D eigenvalue weighted by Gasteiger charge is -2.37. The lowest BCUT2D eigenvalue weighted by atomic mass is 10.0. The van der Waals surface area contributed by atoms with Gasteiger partial charge in [0.2, 0.25) is 0 Å². The maximum absolute atomic E-state index is 12.3. The number of ether oxygens (including phenoxy) is 2. The third kappa shape index (κ3) is 4.48. The quantitative estimate of drug-likeness (QED) is 0.772. The Kier molecular flexibility index (Phi) is 5.83. The van der Waals surface area contributed by atoms with Crippen LogP contribution in [0.1, 0.15) is 35.3 Å². The van der Waals surface area contributed by atoms with Gasteiger partial charge in [-0.1, -0.05) is 30.3 Å². The number of hydrogen-bond donors (Lipinski definition) is 1. The molecule has 3 heterocycles. The summed E-state index contributed by atoms with van der Waals surface area (Å²) in [6.45, 7) is 3.58. The number of amides is 1. The highest BCUT2D eigenvalue weighted by molar-refractivity contribution is 5.92. The largest absolute Gasteiger partial charge is 0.355 e. The first-order valence-electron chi connectivity index (χ1n) is 9.93. The summed E-state index contributed by atoms with van der Waals surface area (Å²) in [7, 11) is 0. The Morgan fingerprint density at radius 1 is 1.04 bits per heavy atom. The van der Waals surface area contributed by atoms with E-state index in [2.05, 4.69) is 32.5 Å². The zero-order valence-electron chi connectivity index (χ0n) is 16.0. The smallest absolute Gasteiger partial charge is 0.271 e. The molecule has 0 atom stereocenters. The zero-order valence-corrected chi connectivity index (χ0v) is 16.0. The molecule has 1 aromatic carbocycles. The van der Waals surface area contributed by atoms with Crippen molar-refractivity contribution in [2.45, 2.75) is 31.5 Å². The maximum atomic E-state index is 12.3. The van der Waals surface area contributed by atoms with E-state index in [0.717, 1.165) is 44.6 Å². The average molecular weight is 382 g/mol. The van der Waals surface area contributed by atoms with Gasteiger partial charge in [0, 0.05) is 32.5 Å². The highest BCUT2D eigenvalue weighted by Crippen LogP contribution is 2.32. The predicted molar refractivity (Wildman–Crippen MR) is 105 cm³/mol. The number of carbonyl (C=O) groups is 1. The molecule has 2 aromatic rings. The molecule has 0 aliphatic carbocycles. The number of benzene rings is 1. The topological polar surface area (TPSA) is 76.6 Å². The van der Waals surface area contributed by atoms with E-state index in [0.29, 0.717) is 25.5 Å². The SMILES string of the molecule is O=C(NCCCc1ccccc1)c1ccc(N2CCC3(CC2)OCCO3)nn1. The molecule has 7 nitrogen and oxygen atoms in total. The summed E-state index contributed by atoms with van der Waals surface area (Å²) in [6, 6.07) is 13.9. The summed E-state index contributed by atoms with van der Waals surface area (Å²) in [5, 5.41) is 11.3. The second kappa shape index (κ2) is 8.67. The number of anilines is 1. The molecule has 2 aliphatic heterocycles. The molecule has 2 fully saturated rings. The molecular formula is C21H26N4O3. The minimum atomic E-state index is -0.399. The van der Waals surface area contributed by atoms with Crippen LogP contribution in [0.5, 0.6) is 0 Å². The highest BCUT2D eigenvalue weighted by atomic mass is 16.7. The van der Waals surface area contributed by atoms with Crippen molar-refractivity contribution in [3.05, 3.63) is 53.7 Å². The maximum Gasteiger partial charge on any atom is 0.271 e. The van der Waals surface area contributed by atoms with Crippen molar-refractivity contribution in [1.29, 1.82) is 0 Å². The van der Waals surface area contributed by atoms with E-state index < -0.39 is 5.79 Å². The van der Waals surface area contributed by atoms with Gasteiger partial charge < -0.3 is 19.7 Å². The first-order valence-corrected chi connectivity index (χ1v) is 9.93. The number of nitrogens with one attached hydrogen (secondary N) is 1. The lowest BCUT2D eigenvalue weighted by molar-refractivity contribution is -0.169. The van der Waals surface area contributed by atoms with E-state index >= 15 is 0 Å². The fourth-order valence-corrected chi connectivity index (χ4v) is 3.71. The Bertz CT molecular complexity index is 766. The fraction of sp³-hybridized carbons (Fsp3) is 0.476. The Balaban J connectivity index is 1.23. The van der Waals surface area contributed by atoms with Gasteiger partial charge in [0.05, 0.1) is 13.2 Å². The van der Waals surface area contributed by atoms with Crippen LogP contribution < -0.4 is 10.2 Å². The van der Waals surface area contributed by atoms with Crippen LogP contribution in [-0.2, 0) is 15.9 Å². The molecule has 2 aliphatic rings. The Hall–Kier alpha value is -2.51. The monoisotopic (exact) mass is 382 g/mol. The van der Waals surface area contributed by atoms with E-state index in [1.54, 1.807) is 6.07 Å². The Morgan fingerprint density at radius 2 is 1.79 bits per heavy atom. The molecular weight excluding hydrogens is 356 g/mol. The van der Waals surface area contributed by atoms with Gasteiger partial charge in [-0.2, -0.15) is 0 Å². The van der Waals surface area contributed by atoms with Crippen molar-refractivity contribution < 1.29 is 14.3 Å². The molecule has 0 radical (unpaired) electrons. The second-order valence-corrected chi connectivity index (χ2v) is 7.22. The predicted octanol–water partition coefficient (Wildman–Crippen LogP) is 2.18. The molecule has 0 saturated carbocycles. The van der Waals surface area contributed by atoms with Crippen LogP contribution in [0.15, 0.2) is 42.5 Å². The van der Waals surface area contributed by atoms with Gasteiger partial charge in [-0.3, -0.25) is 4.79 Å². The van der Waals surface area contributed by atoms with E-state index in [1.807, 2.05) is 24.3 Å². The van der Waals surface area contributed by atoms with E-state index in [9.17, 15) is 4.79 Å². The standard InChI is InChI=1S/C21H26N4O3/c26-20(22-12-4-7-17-5-2-1-3-6-17)18-8-9-19(24-23-18)25-13-10-21(11-14-25)27-15-16-28-21/h1-3,5-6,8-9H,4,7,10-16H2,(H,22,26). The zero-order chi connectivity index (χ0) is 19.2. The normalized spacial score (nSPS) is 18.4. The molecule has 1 amide bonds. The Labute approximate surface area is 165 Å². The molecule has 28 heavy (non-hydrogen) atoms. The summed E-state index contributed by atoms with van der Waals surface area (Å²) < 4.78 is 11.5. The van der Waals surface area contributed by atoms with Crippen LogP contribution in [0.25, 0.3) is 0 Å². The summed E-state index contributed by atoms with van der Waals surface area (Å²) in [5.74, 6) is 0.203. The van der Waals surface area contributed by atoms with E-state index in [-0.39, 0.29) is 5.91 Å². The Morgan fingerprint density at radius 3 is 2.46 bits per heavy atom. The number of aromatic nitrogens is 2. The van der Waals surface area contributed by atoms with Gasteiger partial charge >= 0.3 is 0 Å². The third-order valence-corrected chi connectivity index (χ3v) is 5.32. The number of hydrogen-bond acceptors (Lipinski definition) is 6. The first-order chi connectivity index (χ1) is 13.7. The van der Waals surface area contributed by atoms with Gasteiger partial charge in [-0.15, -0.1) is 10.2 Å². The molecule has 1 aromatic heterocycles. The number of nitrogens with zero attached hydrogens (tertiary/aromatic N) is 3. The third-order valence-electron chi connectivity index (χ3n) is 5.32. The van der Waals surface area contributed by atoms with E-state index in [1.165, 1.54) is 5.56 Å². The molecule has 1 spiro atoms. The van der Waals surface area contributed by atoms with Gasteiger partial charge in [0.1, 0.15) is 0 Å². The highest BCUT2D eigenvalue weighted by Gasteiger charge is 2.40. The summed E-state index contributed by atoms with van der Waals surface area (Å²) in [6.07, 6.45) is 3.47. The van der Waals surface area contributed by atoms with Crippen molar-refractivity contribution in [2.24, 2.45) is 0 Å². The average Bonchev–Trinajstić information content (AvgIpc) is 3.20. The summed E-state index contributed by atoms with van der Waals surface area (Å²) >= 11 is 0. The van der Waals surface area contributed by atoms with Gasteiger partial charge in [-0.25, -0.2) is 0 Å². The molecule has 148 valence electrons. The van der Waals surface area contributed by atoms with Gasteiger partial charge in [0.15, 0.2) is 17.3 Å². The second-order valence-electron chi connectivity index (χ2n) is 7.22. The number of carbonyl (C=O) groups excluding carboxylic acids is 1. The number of rotatable bonds is 6. The van der Waals surface area contributed by atoms with Crippen molar-refractivity contribution in [2.75, 3.05) is 37.7 Å². The lowest BCUT2D eigenvalue weighted by Crippen LogP contribution is -2.45. The molecule has 1 N–H and O–H groups in total. The minimum Gasteiger partial charge on any atom is -0.355 e. The molecule has 7 heteroatoms. The van der Waals surface area contributed by atoms with Crippen molar-refractivity contribution in [3.8, 4) is 0 Å². The first kappa shape index (κ1) is 18.8. The number of aryl methyl sites for hydroxylation is 1. The van der Waals surface area contributed by atoms with Crippen LogP contribution in [0.3, 0.4) is 0 Å². The summed E-state index contributed by atoms with van der Waals surface area (Å²) in [4.78, 5) is 14.4. The van der Waals surface area contributed by atoms with Crippen LogP contribution in [-0.4, -0.2) is 54.7 Å². The van der Waals surface area contributed by atoms with Gasteiger partial charge in [-0.05, 0) is 30.5 Å². The van der Waals surface area contributed by atoms with Gasteiger partial charge in [0.25, 0.3) is 5.91 Å². The van der Waals surface area contributed by atoms with Crippen molar-refractivity contribution in [3.63, 3.8) is 0 Å². The van der Waals surface area contributed by atoms with Crippen molar-refractivity contribution >= 4 is 11.7 Å². The summed E-state index contributed by atoms with van der Waals surface area (Å²) in [5.41, 5.74) is 1.62. The molecule has 4 rings (SSSR count). The van der Waals surface area contributed by atoms with Crippen molar-refractivity contribution in [1.82, 2.24) is 15.5 Å². The molecule has 0 unspecified atom stereocenters. The number of piperidine rings is 1.